The van der Waals surface area contributed by atoms with Crippen molar-refractivity contribution in [3.05, 3.63) is 23.8 Å². The molecule has 5 rings (SSSR count). The SMILES string of the molecule is COc1ccc(C=NNC(=O)C23CC4CC(CC(C4)C2)C3)cc1OC. The van der Waals surface area contributed by atoms with Gasteiger partial charge in [-0.2, -0.15) is 5.10 Å². The monoisotopic (exact) mass is 342 g/mol. The molecular formula is C20H26N2O3. The summed E-state index contributed by atoms with van der Waals surface area (Å²) in [5.74, 6) is 3.71. The lowest BCUT2D eigenvalue weighted by Gasteiger charge is -2.55. The lowest BCUT2D eigenvalue weighted by atomic mass is 9.49. The Morgan fingerprint density at radius 1 is 1.08 bits per heavy atom. The van der Waals surface area contributed by atoms with E-state index in [4.69, 9.17) is 9.47 Å². The number of ether oxygens (including phenoxy) is 2. The Bertz CT molecular complexity index is 663. The number of nitrogens with zero attached hydrogens (tertiary/aromatic N) is 1. The first-order valence-corrected chi connectivity index (χ1v) is 9.17. The average Bonchev–Trinajstić information content (AvgIpc) is 2.60. The summed E-state index contributed by atoms with van der Waals surface area (Å²) < 4.78 is 10.5. The van der Waals surface area contributed by atoms with Gasteiger partial charge in [0.2, 0.25) is 5.91 Å². The van der Waals surface area contributed by atoms with Gasteiger partial charge in [-0.25, -0.2) is 5.43 Å². The van der Waals surface area contributed by atoms with Gasteiger partial charge in [-0.3, -0.25) is 4.79 Å². The third-order valence-corrected chi connectivity index (χ3v) is 6.31. The van der Waals surface area contributed by atoms with Crippen LogP contribution in [0.25, 0.3) is 0 Å². The molecule has 1 aromatic carbocycles. The van der Waals surface area contributed by atoms with E-state index in [0.29, 0.717) is 11.5 Å². The van der Waals surface area contributed by atoms with Gasteiger partial charge < -0.3 is 9.47 Å². The number of amides is 1. The number of hydrazone groups is 1. The summed E-state index contributed by atoms with van der Waals surface area (Å²) in [6.45, 7) is 0. The van der Waals surface area contributed by atoms with Crippen LogP contribution in [-0.2, 0) is 4.79 Å². The molecule has 0 spiro atoms. The molecule has 0 aliphatic heterocycles. The highest BCUT2D eigenvalue weighted by molar-refractivity contribution is 5.86. The van der Waals surface area contributed by atoms with Gasteiger partial charge in [-0.15, -0.1) is 0 Å². The van der Waals surface area contributed by atoms with E-state index in [-0.39, 0.29) is 11.3 Å². The van der Waals surface area contributed by atoms with Crippen LogP contribution in [0.4, 0.5) is 0 Å². The van der Waals surface area contributed by atoms with E-state index in [1.54, 1.807) is 20.4 Å². The first kappa shape index (κ1) is 16.4. The van der Waals surface area contributed by atoms with E-state index in [1.165, 1.54) is 19.3 Å². The highest BCUT2D eigenvalue weighted by atomic mass is 16.5. The van der Waals surface area contributed by atoms with E-state index < -0.39 is 0 Å². The molecule has 5 heteroatoms. The van der Waals surface area contributed by atoms with E-state index in [9.17, 15) is 4.79 Å². The van der Waals surface area contributed by atoms with Crippen LogP contribution in [-0.4, -0.2) is 26.3 Å². The normalized spacial score (nSPS) is 32.8. The van der Waals surface area contributed by atoms with Crippen molar-refractivity contribution in [2.24, 2.45) is 28.3 Å². The van der Waals surface area contributed by atoms with Crippen molar-refractivity contribution in [3.8, 4) is 11.5 Å². The molecule has 1 N–H and O–H groups in total. The van der Waals surface area contributed by atoms with Crippen molar-refractivity contribution in [3.63, 3.8) is 0 Å². The number of nitrogens with one attached hydrogen (secondary N) is 1. The summed E-state index contributed by atoms with van der Waals surface area (Å²) in [7, 11) is 3.21. The second kappa shape index (κ2) is 6.36. The number of carbonyl (C=O) groups is 1. The summed E-state index contributed by atoms with van der Waals surface area (Å²) in [6.07, 6.45) is 8.83. The Morgan fingerprint density at radius 3 is 2.24 bits per heavy atom. The summed E-state index contributed by atoms with van der Waals surface area (Å²) in [4.78, 5) is 12.8. The van der Waals surface area contributed by atoms with Crippen molar-refractivity contribution in [1.29, 1.82) is 0 Å². The molecule has 0 heterocycles. The molecule has 4 aliphatic carbocycles. The van der Waals surface area contributed by atoms with Gasteiger partial charge in [-0.05, 0) is 80.0 Å². The molecule has 0 saturated heterocycles. The number of methoxy groups -OCH3 is 2. The molecule has 25 heavy (non-hydrogen) atoms. The molecule has 0 unspecified atom stereocenters. The Morgan fingerprint density at radius 2 is 1.68 bits per heavy atom. The standard InChI is InChI=1S/C20H26N2O3/c1-24-17-4-3-13(8-18(17)25-2)12-21-22-19(23)20-9-14-5-15(10-20)7-16(6-14)11-20/h3-4,8,12,14-16H,5-7,9-11H2,1-2H3,(H,22,23). The molecule has 5 nitrogen and oxygen atoms in total. The minimum Gasteiger partial charge on any atom is -0.493 e. The lowest BCUT2D eigenvalue weighted by Crippen LogP contribution is -2.52. The molecule has 0 radical (unpaired) electrons. The predicted octanol–water partition coefficient (Wildman–Crippen LogP) is 3.37. The van der Waals surface area contributed by atoms with Crippen LogP contribution in [0.5, 0.6) is 11.5 Å². The molecule has 1 amide bonds. The number of rotatable bonds is 5. The maximum absolute atomic E-state index is 12.8. The summed E-state index contributed by atoms with van der Waals surface area (Å²) >= 11 is 0. The first-order chi connectivity index (χ1) is 12.1. The molecule has 1 aromatic rings. The van der Waals surface area contributed by atoms with Crippen molar-refractivity contribution < 1.29 is 14.3 Å². The lowest BCUT2D eigenvalue weighted by molar-refractivity contribution is -0.146. The Balaban J connectivity index is 1.43. The van der Waals surface area contributed by atoms with Crippen LogP contribution in [0, 0.1) is 23.2 Å². The fraction of sp³-hybridized carbons (Fsp3) is 0.600. The van der Waals surface area contributed by atoms with Crippen molar-refractivity contribution in [1.82, 2.24) is 5.43 Å². The van der Waals surface area contributed by atoms with Gasteiger partial charge >= 0.3 is 0 Å². The van der Waals surface area contributed by atoms with Gasteiger partial charge in [-0.1, -0.05) is 0 Å². The van der Waals surface area contributed by atoms with Crippen LogP contribution in [0.1, 0.15) is 44.1 Å². The summed E-state index contributed by atoms with van der Waals surface area (Å²) in [5.41, 5.74) is 3.51. The molecule has 134 valence electrons. The van der Waals surface area contributed by atoms with Gasteiger partial charge in [0.1, 0.15) is 0 Å². The second-order valence-corrected chi connectivity index (χ2v) is 8.01. The molecule has 4 saturated carbocycles. The molecule has 4 fully saturated rings. The van der Waals surface area contributed by atoms with Crippen molar-refractivity contribution in [2.75, 3.05) is 14.2 Å². The van der Waals surface area contributed by atoms with Crippen molar-refractivity contribution >= 4 is 12.1 Å². The molecule has 4 aliphatic rings. The quantitative estimate of drug-likeness (QED) is 0.659. The zero-order valence-electron chi connectivity index (χ0n) is 15.0. The molecule has 0 atom stereocenters. The number of hydrogen-bond donors (Lipinski definition) is 1. The Kier molecular flexibility index (Phi) is 4.18. The minimum absolute atomic E-state index is 0.114. The van der Waals surface area contributed by atoms with E-state index in [0.717, 1.165) is 42.6 Å². The van der Waals surface area contributed by atoms with E-state index in [1.807, 2.05) is 18.2 Å². The zero-order valence-corrected chi connectivity index (χ0v) is 15.0. The Hall–Kier alpha value is -2.04. The molecule has 0 aromatic heterocycles. The largest absolute Gasteiger partial charge is 0.493 e. The third-order valence-electron chi connectivity index (χ3n) is 6.31. The Labute approximate surface area is 148 Å². The van der Waals surface area contributed by atoms with E-state index >= 15 is 0 Å². The summed E-state index contributed by atoms with van der Waals surface area (Å²) in [5, 5.41) is 4.21. The van der Waals surface area contributed by atoms with Crippen molar-refractivity contribution in [2.45, 2.75) is 38.5 Å². The second-order valence-electron chi connectivity index (χ2n) is 8.01. The van der Waals surface area contributed by atoms with E-state index in [2.05, 4.69) is 10.5 Å². The fourth-order valence-electron chi connectivity index (χ4n) is 5.61. The molecular weight excluding hydrogens is 316 g/mol. The van der Waals surface area contributed by atoms with Gasteiger partial charge in [0, 0.05) is 0 Å². The topological polar surface area (TPSA) is 59.9 Å². The fourth-order valence-corrected chi connectivity index (χ4v) is 5.61. The average molecular weight is 342 g/mol. The maximum Gasteiger partial charge on any atom is 0.246 e. The first-order valence-electron chi connectivity index (χ1n) is 9.17. The zero-order chi connectivity index (χ0) is 17.4. The van der Waals surface area contributed by atoms with Gasteiger partial charge in [0.05, 0.1) is 25.8 Å². The smallest absolute Gasteiger partial charge is 0.246 e. The number of carbonyl (C=O) groups excluding carboxylic acids is 1. The molecule has 4 bridgehead atoms. The number of hydrogen-bond acceptors (Lipinski definition) is 4. The van der Waals surface area contributed by atoms with Crippen LogP contribution in [0.3, 0.4) is 0 Å². The van der Waals surface area contributed by atoms with Crippen LogP contribution in [0.15, 0.2) is 23.3 Å². The number of benzene rings is 1. The van der Waals surface area contributed by atoms with Gasteiger partial charge in [0.15, 0.2) is 11.5 Å². The highest BCUT2D eigenvalue weighted by Crippen LogP contribution is 2.60. The minimum atomic E-state index is -0.163. The third kappa shape index (κ3) is 3.00. The predicted molar refractivity (Wildman–Crippen MR) is 95.9 cm³/mol. The van der Waals surface area contributed by atoms with Crippen LogP contribution in [0.2, 0.25) is 0 Å². The van der Waals surface area contributed by atoms with Crippen LogP contribution < -0.4 is 14.9 Å². The van der Waals surface area contributed by atoms with Crippen LogP contribution >= 0.6 is 0 Å². The highest BCUT2D eigenvalue weighted by Gasteiger charge is 2.54. The van der Waals surface area contributed by atoms with Gasteiger partial charge in [0.25, 0.3) is 0 Å². The maximum atomic E-state index is 12.8. The summed E-state index contributed by atoms with van der Waals surface area (Å²) in [6, 6.07) is 5.57.